The zero-order valence-electron chi connectivity index (χ0n) is 20.9. The highest BCUT2D eigenvalue weighted by Crippen LogP contribution is 2.31. The number of hydrogen-bond donors (Lipinski definition) is 0. The summed E-state index contributed by atoms with van der Waals surface area (Å²) in [6.07, 6.45) is 2.24. The van der Waals surface area contributed by atoms with Crippen LogP contribution in [0.2, 0.25) is 5.02 Å². The fraction of sp³-hybridized carbons (Fsp3) is 0.379. The van der Waals surface area contributed by atoms with Crippen molar-refractivity contribution in [1.82, 2.24) is 19.3 Å². The minimum Gasteiger partial charge on any atom is -0.347 e. The summed E-state index contributed by atoms with van der Waals surface area (Å²) in [6, 6.07) is 15.1. The Morgan fingerprint density at radius 2 is 1.65 bits per heavy atom. The highest BCUT2D eigenvalue weighted by Gasteiger charge is 2.19. The fourth-order valence-electron chi connectivity index (χ4n) is 4.84. The second-order valence-electron chi connectivity index (χ2n) is 9.64. The molecule has 5 heteroatoms. The fourth-order valence-corrected chi connectivity index (χ4v) is 5.04. The smallest absolute Gasteiger partial charge is 0.0486 e. The van der Waals surface area contributed by atoms with Crippen LogP contribution in [0.5, 0.6) is 0 Å². The molecule has 0 amide bonds. The molecule has 0 radical (unpaired) electrons. The number of aryl methyl sites for hydroxylation is 1. The van der Waals surface area contributed by atoms with Crippen molar-refractivity contribution in [2.24, 2.45) is 0 Å². The van der Waals surface area contributed by atoms with Crippen LogP contribution in [0.25, 0.3) is 16.5 Å². The lowest BCUT2D eigenvalue weighted by Gasteiger charge is -2.35. The molecule has 0 saturated carbocycles. The molecule has 2 aromatic carbocycles. The lowest BCUT2D eigenvalue weighted by atomic mass is 9.98. The molecule has 4 rings (SSSR count). The molecule has 0 atom stereocenters. The molecular weight excluding hydrogens is 440 g/mol. The third-order valence-electron chi connectivity index (χ3n) is 6.77. The van der Waals surface area contributed by atoms with Crippen LogP contribution in [0.15, 0.2) is 67.4 Å². The van der Waals surface area contributed by atoms with Crippen LogP contribution in [0.1, 0.15) is 23.6 Å². The SMILES string of the molecule is C=C(CN(C)C)C(=C)c1cn(CC)c2ccc(CN3CCN(Cc4ccccc4Cl)CC3)cc12. The van der Waals surface area contributed by atoms with Crippen LogP contribution in [0.4, 0.5) is 0 Å². The molecule has 34 heavy (non-hydrogen) atoms. The third kappa shape index (κ3) is 5.64. The van der Waals surface area contributed by atoms with E-state index in [0.29, 0.717) is 0 Å². The zero-order valence-corrected chi connectivity index (χ0v) is 21.6. The molecule has 1 fully saturated rings. The van der Waals surface area contributed by atoms with E-state index in [0.717, 1.165) is 68.5 Å². The molecule has 180 valence electrons. The monoisotopic (exact) mass is 476 g/mol. The van der Waals surface area contributed by atoms with Crippen molar-refractivity contribution >= 4 is 28.1 Å². The van der Waals surface area contributed by atoms with Crippen molar-refractivity contribution in [1.29, 1.82) is 0 Å². The quantitative estimate of drug-likeness (QED) is 0.365. The van der Waals surface area contributed by atoms with Gasteiger partial charge in [-0.2, -0.15) is 0 Å². The summed E-state index contributed by atoms with van der Waals surface area (Å²) >= 11 is 6.37. The van der Waals surface area contributed by atoms with Crippen molar-refractivity contribution in [3.63, 3.8) is 0 Å². The van der Waals surface area contributed by atoms with Crippen LogP contribution >= 0.6 is 11.6 Å². The first-order valence-corrected chi connectivity index (χ1v) is 12.6. The number of benzene rings is 2. The minimum absolute atomic E-state index is 0.815. The lowest BCUT2D eigenvalue weighted by Crippen LogP contribution is -2.45. The first-order chi connectivity index (χ1) is 16.4. The van der Waals surface area contributed by atoms with Gasteiger partial charge < -0.3 is 9.47 Å². The summed E-state index contributed by atoms with van der Waals surface area (Å²) in [7, 11) is 4.14. The summed E-state index contributed by atoms with van der Waals surface area (Å²) in [6.45, 7) is 18.8. The summed E-state index contributed by atoms with van der Waals surface area (Å²) < 4.78 is 2.32. The van der Waals surface area contributed by atoms with Gasteiger partial charge >= 0.3 is 0 Å². The molecule has 2 heterocycles. The number of nitrogens with zero attached hydrogens (tertiary/aromatic N) is 4. The summed E-state index contributed by atoms with van der Waals surface area (Å²) in [4.78, 5) is 7.20. The Bertz CT molecular complexity index is 1170. The van der Waals surface area contributed by atoms with Crippen molar-refractivity contribution in [2.75, 3.05) is 46.8 Å². The maximum absolute atomic E-state index is 6.37. The molecule has 0 bridgehead atoms. The van der Waals surface area contributed by atoms with E-state index < -0.39 is 0 Å². The zero-order chi connectivity index (χ0) is 24.2. The normalized spacial score (nSPS) is 15.3. The van der Waals surface area contributed by atoms with Crippen molar-refractivity contribution < 1.29 is 0 Å². The van der Waals surface area contributed by atoms with Gasteiger partial charge in [0.05, 0.1) is 0 Å². The predicted molar refractivity (Wildman–Crippen MR) is 146 cm³/mol. The minimum atomic E-state index is 0.815. The topological polar surface area (TPSA) is 14.7 Å². The van der Waals surface area contributed by atoms with E-state index in [2.05, 4.69) is 90.0 Å². The van der Waals surface area contributed by atoms with Gasteiger partial charge in [-0.25, -0.2) is 0 Å². The van der Waals surface area contributed by atoms with Gasteiger partial charge in [0.2, 0.25) is 0 Å². The number of rotatable bonds is 9. The predicted octanol–water partition coefficient (Wildman–Crippen LogP) is 5.76. The van der Waals surface area contributed by atoms with Crippen LogP contribution < -0.4 is 0 Å². The van der Waals surface area contributed by atoms with Gasteiger partial charge in [0.25, 0.3) is 0 Å². The van der Waals surface area contributed by atoms with Gasteiger partial charge in [-0.3, -0.25) is 9.80 Å². The van der Waals surface area contributed by atoms with Crippen molar-refractivity contribution in [2.45, 2.75) is 26.6 Å². The van der Waals surface area contributed by atoms with Crippen molar-refractivity contribution in [3.8, 4) is 0 Å². The molecule has 1 aliphatic heterocycles. The standard InChI is InChI=1S/C29H37ClN4/c1-6-34-21-27(23(3)22(2)18-31(4)5)26-17-24(11-12-29(26)34)19-32-13-15-33(16-14-32)20-25-9-7-8-10-28(25)30/h7-12,17,21H,2-3,6,13-16,18-20H2,1,4-5H3. The van der Waals surface area contributed by atoms with Gasteiger partial charge in [0.1, 0.15) is 0 Å². The van der Waals surface area contributed by atoms with Crippen LogP contribution in [0, 0.1) is 0 Å². The molecule has 3 aromatic rings. The molecule has 1 saturated heterocycles. The van der Waals surface area contributed by atoms with Crippen LogP contribution in [-0.4, -0.2) is 66.1 Å². The van der Waals surface area contributed by atoms with E-state index in [9.17, 15) is 0 Å². The molecule has 0 aliphatic carbocycles. The second kappa shape index (κ2) is 10.9. The van der Waals surface area contributed by atoms with E-state index in [1.165, 1.54) is 27.6 Å². The van der Waals surface area contributed by atoms with E-state index in [1.807, 2.05) is 12.1 Å². The van der Waals surface area contributed by atoms with Gasteiger partial charge in [-0.1, -0.05) is 49.0 Å². The highest BCUT2D eigenvalue weighted by molar-refractivity contribution is 6.31. The average Bonchev–Trinajstić information content (AvgIpc) is 3.19. The molecule has 1 aromatic heterocycles. The Kier molecular flexibility index (Phi) is 7.95. The Hall–Kier alpha value is -2.37. The summed E-state index contributed by atoms with van der Waals surface area (Å²) in [5.74, 6) is 0. The molecule has 0 spiro atoms. The third-order valence-corrected chi connectivity index (χ3v) is 7.14. The van der Waals surface area contributed by atoms with Crippen LogP contribution in [-0.2, 0) is 19.6 Å². The second-order valence-corrected chi connectivity index (χ2v) is 10.1. The number of aromatic nitrogens is 1. The summed E-state index contributed by atoms with van der Waals surface area (Å²) in [5.41, 5.74) is 7.15. The Morgan fingerprint density at radius 1 is 0.971 bits per heavy atom. The number of piperazine rings is 1. The molecule has 0 unspecified atom stereocenters. The van der Waals surface area contributed by atoms with Gasteiger partial charge in [0.15, 0.2) is 0 Å². The number of halogens is 1. The first-order valence-electron chi connectivity index (χ1n) is 12.2. The number of likely N-dealkylation sites (N-methyl/N-ethyl adjacent to an activating group) is 1. The average molecular weight is 477 g/mol. The molecule has 0 N–H and O–H groups in total. The van der Waals surface area contributed by atoms with E-state index in [4.69, 9.17) is 11.6 Å². The number of hydrogen-bond acceptors (Lipinski definition) is 3. The van der Waals surface area contributed by atoms with Crippen molar-refractivity contribution in [3.05, 3.63) is 89.1 Å². The van der Waals surface area contributed by atoms with Gasteiger partial charge in [0, 0.05) is 80.0 Å². The van der Waals surface area contributed by atoms with Crippen LogP contribution in [0.3, 0.4) is 0 Å². The molecule has 1 aliphatic rings. The first kappa shape index (κ1) is 24.7. The van der Waals surface area contributed by atoms with Gasteiger partial charge in [-0.15, -0.1) is 0 Å². The van der Waals surface area contributed by atoms with E-state index in [1.54, 1.807) is 0 Å². The number of fused-ring (bicyclic) bond motifs is 1. The van der Waals surface area contributed by atoms with Gasteiger partial charge in [-0.05, 0) is 61.5 Å². The maximum atomic E-state index is 6.37. The molecular formula is C29H37ClN4. The van der Waals surface area contributed by atoms with E-state index >= 15 is 0 Å². The summed E-state index contributed by atoms with van der Waals surface area (Å²) in [5, 5.41) is 2.14. The Morgan fingerprint density at radius 3 is 2.29 bits per heavy atom. The largest absolute Gasteiger partial charge is 0.347 e. The highest BCUT2D eigenvalue weighted by atomic mass is 35.5. The maximum Gasteiger partial charge on any atom is 0.0486 e. The Balaban J connectivity index is 1.45. The lowest BCUT2D eigenvalue weighted by molar-refractivity contribution is 0.122. The molecule has 4 nitrogen and oxygen atoms in total. The van der Waals surface area contributed by atoms with E-state index in [-0.39, 0.29) is 0 Å². The Labute approximate surface area is 209 Å².